The minimum Gasteiger partial charge on any atom is -0.493 e. The zero-order valence-electron chi connectivity index (χ0n) is 18.7. The molecule has 1 aromatic rings. The van der Waals surface area contributed by atoms with Crippen LogP contribution in [0.2, 0.25) is 0 Å². The maximum atomic E-state index is 5.47. The lowest BCUT2D eigenvalue weighted by molar-refractivity contribution is 0.266. The van der Waals surface area contributed by atoms with Gasteiger partial charge >= 0.3 is 0 Å². The Kier molecular flexibility index (Phi) is 11.7. The molecule has 2 rings (SSSR count). The number of ether oxygens (including phenoxy) is 2. The fourth-order valence-electron chi connectivity index (χ4n) is 3.83. The maximum Gasteiger partial charge on any atom is 0.191 e. The molecule has 0 spiro atoms. The van der Waals surface area contributed by atoms with E-state index in [0.29, 0.717) is 6.04 Å². The summed E-state index contributed by atoms with van der Waals surface area (Å²) in [7, 11) is 9.30. The second kappa shape index (κ2) is 13.1. The van der Waals surface area contributed by atoms with Crippen LogP contribution >= 0.6 is 24.0 Å². The Balaban J connectivity index is 0.00000420. The van der Waals surface area contributed by atoms with Gasteiger partial charge in [-0.3, -0.25) is 9.89 Å². The van der Waals surface area contributed by atoms with E-state index in [4.69, 9.17) is 9.47 Å². The van der Waals surface area contributed by atoms with Gasteiger partial charge in [0.2, 0.25) is 0 Å². The van der Waals surface area contributed by atoms with E-state index in [9.17, 15) is 0 Å². The van der Waals surface area contributed by atoms with E-state index in [0.717, 1.165) is 37.1 Å². The van der Waals surface area contributed by atoms with Gasteiger partial charge in [-0.05, 0) is 57.7 Å². The predicted molar refractivity (Wildman–Crippen MR) is 131 cm³/mol. The van der Waals surface area contributed by atoms with Crippen LogP contribution < -0.4 is 20.1 Å². The summed E-state index contributed by atoms with van der Waals surface area (Å²) in [5.41, 5.74) is 1.17. The molecule has 0 aromatic heterocycles. The number of rotatable bonds is 9. The van der Waals surface area contributed by atoms with E-state index >= 15 is 0 Å². The first-order valence-electron chi connectivity index (χ1n) is 10.1. The van der Waals surface area contributed by atoms with E-state index in [2.05, 4.69) is 52.5 Å². The van der Waals surface area contributed by atoms with E-state index in [-0.39, 0.29) is 30.0 Å². The molecule has 0 amide bonds. The number of likely N-dealkylation sites (N-methyl/N-ethyl adjacent to an activating group) is 2. The standard InChI is InChI=1S/C21H37N5O2.HI/c1-7-26-12-8-9-17(26)14-23-21(22-2)24-15-18(25(3)4)16-10-11-19(27-5)20(13-16)28-6;/h10-11,13,17-18H,7-9,12,14-15H2,1-6H3,(H2,22,23,24);1H. The maximum absolute atomic E-state index is 5.47. The number of aliphatic imine (C=N–C) groups is 1. The highest BCUT2D eigenvalue weighted by atomic mass is 127. The van der Waals surface area contributed by atoms with Crippen molar-refractivity contribution in [1.82, 2.24) is 20.4 Å². The predicted octanol–water partition coefficient (Wildman–Crippen LogP) is 2.57. The summed E-state index contributed by atoms with van der Waals surface area (Å²) in [6.45, 7) is 6.22. The minimum atomic E-state index is 0. The third-order valence-electron chi connectivity index (χ3n) is 5.51. The summed E-state index contributed by atoms with van der Waals surface area (Å²) >= 11 is 0. The Hall–Kier alpha value is -1.26. The molecule has 2 atom stereocenters. The van der Waals surface area contributed by atoms with Crippen molar-refractivity contribution in [2.45, 2.75) is 31.8 Å². The van der Waals surface area contributed by atoms with Crippen molar-refractivity contribution in [1.29, 1.82) is 0 Å². The number of guanidine groups is 1. The SMILES string of the molecule is CCN1CCCC1CNC(=NC)NCC(c1ccc(OC)c(OC)c1)N(C)C.I. The van der Waals surface area contributed by atoms with Crippen molar-refractivity contribution in [3.8, 4) is 11.5 Å². The van der Waals surface area contributed by atoms with Crippen LogP contribution in [-0.2, 0) is 0 Å². The first kappa shape index (κ1) is 25.8. The Bertz CT molecular complexity index is 641. The quantitative estimate of drug-likeness (QED) is 0.297. The van der Waals surface area contributed by atoms with Crippen molar-refractivity contribution in [3.05, 3.63) is 23.8 Å². The van der Waals surface area contributed by atoms with Crippen molar-refractivity contribution in [2.75, 3.05) is 61.5 Å². The third-order valence-corrected chi connectivity index (χ3v) is 5.51. The van der Waals surface area contributed by atoms with Crippen LogP contribution in [0.3, 0.4) is 0 Å². The molecule has 0 radical (unpaired) electrons. The number of likely N-dealkylation sites (tertiary alicyclic amines) is 1. The minimum absolute atomic E-state index is 0. The van der Waals surface area contributed by atoms with Crippen molar-refractivity contribution in [3.63, 3.8) is 0 Å². The monoisotopic (exact) mass is 519 g/mol. The molecule has 0 aliphatic carbocycles. The van der Waals surface area contributed by atoms with Gasteiger partial charge in [-0.25, -0.2) is 0 Å². The molecular formula is C21H38IN5O2. The van der Waals surface area contributed by atoms with Crippen molar-refractivity contribution >= 4 is 29.9 Å². The van der Waals surface area contributed by atoms with Gasteiger partial charge in [0.1, 0.15) is 0 Å². The number of nitrogens with one attached hydrogen (secondary N) is 2. The molecule has 1 aromatic carbocycles. The van der Waals surface area contributed by atoms with E-state index in [1.165, 1.54) is 24.9 Å². The lowest BCUT2D eigenvalue weighted by Crippen LogP contribution is -2.46. The van der Waals surface area contributed by atoms with Gasteiger partial charge in [0, 0.05) is 26.2 Å². The Morgan fingerprint density at radius 3 is 2.55 bits per heavy atom. The highest BCUT2D eigenvalue weighted by Crippen LogP contribution is 2.31. The average molecular weight is 519 g/mol. The molecular weight excluding hydrogens is 481 g/mol. The molecule has 1 aliphatic rings. The van der Waals surface area contributed by atoms with Gasteiger partial charge in [0.15, 0.2) is 17.5 Å². The molecule has 1 saturated heterocycles. The Morgan fingerprint density at radius 2 is 1.97 bits per heavy atom. The molecule has 0 saturated carbocycles. The van der Waals surface area contributed by atoms with Gasteiger partial charge in [-0.2, -0.15) is 0 Å². The van der Waals surface area contributed by atoms with E-state index < -0.39 is 0 Å². The third kappa shape index (κ3) is 7.18. The molecule has 29 heavy (non-hydrogen) atoms. The van der Waals surface area contributed by atoms with Gasteiger partial charge in [0.05, 0.1) is 20.3 Å². The summed E-state index contributed by atoms with van der Waals surface area (Å²) in [6.07, 6.45) is 2.54. The normalized spacial score (nSPS) is 18.3. The van der Waals surface area contributed by atoms with Gasteiger partial charge in [-0.15, -0.1) is 24.0 Å². The first-order chi connectivity index (χ1) is 13.5. The van der Waals surface area contributed by atoms with Crippen LogP contribution in [0.15, 0.2) is 23.2 Å². The molecule has 1 heterocycles. The molecule has 1 fully saturated rings. The van der Waals surface area contributed by atoms with Crippen LogP contribution in [0.1, 0.15) is 31.4 Å². The molecule has 166 valence electrons. The summed E-state index contributed by atoms with van der Waals surface area (Å²) in [5.74, 6) is 2.33. The number of hydrogen-bond donors (Lipinski definition) is 2. The second-order valence-corrected chi connectivity index (χ2v) is 7.35. The fourth-order valence-corrected chi connectivity index (χ4v) is 3.83. The van der Waals surface area contributed by atoms with Crippen LogP contribution in [0, 0.1) is 0 Å². The zero-order chi connectivity index (χ0) is 20.5. The number of nitrogens with zero attached hydrogens (tertiary/aromatic N) is 3. The molecule has 7 nitrogen and oxygen atoms in total. The Labute approximate surface area is 193 Å². The molecule has 8 heteroatoms. The Morgan fingerprint density at radius 1 is 1.24 bits per heavy atom. The summed E-state index contributed by atoms with van der Waals surface area (Å²) in [4.78, 5) is 9.12. The van der Waals surface area contributed by atoms with Gasteiger partial charge in [-0.1, -0.05) is 13.0 Å². The topological polar surface area (TPSA) is 61.4 Å². The number of halogens is 1. The van der Waals surface area contributed by atoms with Crippen molar-refractivity contribution in [2.24, 2.45) is 4.99 Å². The smallest absolute Gasteiger partial charge is 0.191 e. The highest BCUT2D eigenvalue weighted by molar-refractivity contribution is 14.0. The van der Waals surface area contributed by atoms with Crippen LogP contribution in [-0.4, -0.2) is 83.3 Å². The highest BCUT2D eigenvalue weighted by Gasteiger charge is 2.23. The number of benzene rings is 1. The van der Waals surface area contributed by atoms with Gasteiger partial charge < -0.3 is 25.0 Å². The van der Waals surface area contributed by atoms with Crippen LogP contribution in [0.4, 0.5) is 0 Å². The lowest BCUT2D eigenvalue weighted by atomic mass is 10.1. The molecule has 2 unspecified atom stereocenters. The molecule has 1 aliphatic heterocycles. The lowest BCUT2D eigenvalue weighted by Gasteiger charge is -2.27. The number of hydrogen-bond acceptors (Lipinski definition) is 5. The van der Waals surface area contributed by atoms with E-state index in [1.807, 2.05) is 19.2 Å². The first-order valence-corrected chi connectivity index (χ1v) is 10.1. The summed E-state index contributed by atoms with van der Waals surface area (Å²) < 4.78 is 10.8. The number of methoxy groups -OCH3 is 2. The van der Waals surface area contributed by atoms with Crippen LogP contribution in [0.5, 0.6) is 11.5 Å². The molecule has 0 bridgehead atoms. The average Bonchev–Trinajstić information content (AvgIpc) is 3.17. The fraction of sp³-hybridized carbons (Fsp3) is 0.667. The van der Waals surface area contributed by atoms with Crippen LogP contribution in [0.25, 0.3) is 0 Å². The molecule has 2 N–H and O–H groups in total. The largest absolute Gasteiger partial charge is 0.493 e. The summed E-state index contributed by atoms with van der Waals surface area (Å²) in [5, 5.41) is 6.98. The second-order valence-electron chi connectivity index (χ2n) is 7.35. The van der Waals surface area contributed by atoms with E-state index in [1.54, 1.807) is 14.2 Å². The van der Waals surface area contributed by atoms with Gasteiger partial charge in [0.25, 0.3) is 0 Å². The van der Waals surface area contributed by atoms with Crippen molar-refractivity contribution < 1.29 is 9.47 Å². The summed E-state index contributed by atoms with van der Waals surface area (Å²) in [6, 6.07) is 6.86. The zero-order valence-corrected chi connectivity index (χ0v) is 21.0.